The number of carbonyl (C=O) groups excluding carboxylic acids is 1. The first kappa shape index (κ1) is 6.82. The van der Waals surface area contributed by atoms with Gasteiger partial charge < -0.3 is 4.98 Å². The van der Waals surface area contributed by atoms with E-state index in [0.29, 0.717) is 5.69 Å². The molecule has 0 spiro atoms. The molecule has 0 saturated carbocycles. The Hall–Kier alpha value is -1.29. The molecule has 1 rings (SSSR count). The van der Waals surface area contributed by atoms with Gasteiger partial charge in [-0.2, -0.15) is 4.89 Å². The Morgan fingerprint density at radius 1 is 1.70 bits per heavy atom. The zero-order valence-electron chi connectivity index (χ0n) is 5.46. The second kappa shape index (κ2) is 3.03. The minimum absolute atomic E-state index is 0.377. The van der Waals surface area contributed by atoms with Crippen LogP contribution in [0.4, 0.5) is 0 Å². The van der Waals surface area contributed by atoms with Crippen molar-refractivity contribution in [2.75, 3.05) is 7.11 Å². The molecule has 0 unspecified atom stereocenters. The van der Waals surface area contributed by atoms with Crippen LogP contribution in [0.3, 0.4) is 0 Å². The van der Waals surface area contributed by atoms with Gasteiger partial charge in [-0.25, -0.2) is 4.79 Å². The van der Waals surface area contributed by atoms with Gasteiger partial charge in [-0.3, -0.25) is 4.89 Å². The van der Waals surface area contributed by atoms with Gasteiger partial charge in [0.1, 0.15) is 5.69 Å². The van der Waals surface area contributed by atoms with Crippen LogP contribution in [-0.2, 0) is 9.78 Å². The predicted octanol–water partition coefficient (Wildman–Crippen LogP) is 0.733. The van der Waals surface area contributed by atoms with Gasteiger partial charge in [-0.05, 0) is 12.1 Å². The molecule has 0 bridgehead atoms. The van der Waals surface area contributed by atoms with Gasteiger partial charge >= 0.3 is 5.97 Å². The van der Waals surface area contributed by atoms with Crippen LogP contribution in [0.2, 0.25) is 0 Å². The lowest BCUT2D eigenvalue weighted by atomic mass is 10.4. The highest BCUT2D eigenvalue weighted by Crippen LogP contribution is 1.96. The van der Waals surface area contributed by atoms with E-state index in [9.17, 15) is 4.79 Å². The van der Waals surface area contributed by atoms with Crippen molar-refractivity contribution >= 4 is 5.97 Å². The minimum Gasteiger partial charge on any atom is -0.356 e. The molecule has 0 atom stereocenters. The third-order valence-electron chi connectivity index (χ3n) is 0.977. The lowest BCUT2D eigenvalue weighted by molar-refractivity contribution is -0.216. The second-order valence-corrected chi connectivity index (χ2v) is 1.62. The van der Waals surface area contributed by atoms with Crippen molar-refractivity contribution in [1.82, 2.24) is 4.98 Å². The van der Waals surface area contributed by atoms with E-state index in [1.54, 1.807) is 18.3 Å². The number of carbonyl (C=O) groups is 1. The molecule has 54 valence electrons. The molecule has 10 heavy (non-hydrogen) atoms. The molecule has 0 aliphatic rings. The minimum atomic E-state index is -0.521. The van der Waals surface area contributed by atoms with E-state index in [-0.39, 0.29) is 0 Å². The van der Waals surface area contributed by atoms with E-state index in [2.05, 4.69) is 14.8 Å². The second-order valence-electron chi connectivity index (χ2n) is 1.62. The van der Waals surface area contributed by atoms with Gasteiger partial charge in [0, 0.05) is 6.20 Å². The summed E-state index contributed by atoms with van der Waals surface area (Å²) in [5.74, 6) is -0.521. The maximum absolute atomic E-state index is 10.7. The predicted molar refractivity (Wildman–Crippen MR) is 33.2 cm³/mol. The van der Waals surface area contributed by atoms with Crippen LogP contribution < -0.4 is 0 Å². The van der Waals surface area contributed by atoms with Crippen LogP contribution in [0, 0.1) is 0 Å². The fourth-order valence-electron chi connectivity index (χ4n) is 0.578. The molecule has 1 heterocycles. The Labute approximate surface area is 57.7 Å². The third kappa shape index (κ3) is 1.35. The Bertz CT molecular complexity index is 205. The molecule has 0 saturated heterocycles. The standard InChI is InChI=1S/C6H7NO3/c1-9-10-6(8)5-3-2-4-7-5/h2-4,7H,1H3. The molecule has 1 aromatic heterocycles. The molecular weight excluding hydrogens is 134 g/mol. The normalized spacial score (nSPS) is 9.30. The lowest BCUT2D eigenvalue weighted by Crippen LogP contribution is -2.03. The Kier molecular flexibility index (Phi) is 2.07. The van der Waals surface area contributed by atoms with Crippen LogP contribution in [0.25, 0.3) is 0 Å². The summed E-state index contributed by atoms with van der Waals surface area (Å²) in [6.45, 7) is 0. The molecule has 0 aliphatic carbocycles. The first-order valence-electron chi connectivity index (χ1n) is 2.73. The van der Waals surface area contributed by atoms with Gasteiger partial charge in [-0.15, -0.1) is 0 Å². The smallest absolute Gasteiger partial charge is 0.356 e. The van der Waals surface area contributed by atoms with Gasteiger partial charge in [0.05, 0.1) is 7.11 Å². The molecule has 0 fully saturated rings. The highest BCUT2D eigenvalue weighted by atomic mass is 17.2. The van der Waals surface area contributed by atoms with Crippen molar-refractivity contribution < 1.29 is 14.6 Å². The number of aromatic nitrogens is 1. The van der Waals surface area contributed by atoms with Crippen molar-refractivity contribution in [3.8, 4) is 0 Å². The van der Waals surface area contributed by atoms with Gasteiger partial charge in [0.25, 0.3) is 0 Å². The zero-order chi connectivity index (χ0) is 7.40. The molecule has 4 nitrogen and oxygen atoms in total. The van der Waals surface area contributed by atoms with Gasteiger partial charge in [-0.1, -0.05) is 0 Å². The van der Waals surface area contributed by atoms with E-state index in [0.717, 1.165) is 0 Å². The number of H-pyrrole nitrogens is 1. The highest BCUT2D eigenvalue weighted by molar-refractivity contribution is 5.86. The van der Waals surface area contributed by atoms with Crippen LogP contribution in [-0.4, -0.2) is 18.1 Å². The number of hydrogen-bond acceptors (Lipinski definition) is 3. The van der Waals surface area contributed by atoms with Crippen molar-refractivity contribution in [2.24, 2.45) is 0 Å². The van der Waals surface area contributed by atoms with E-state index in [1.165, 1.54) is 7.11 Å². The van der Waals surface area contributed by atoms with E-state index in [4.69, 9.17) is 0 Å². The summed E-state index contributed by atoms with van der Waals surface area (Å²) in [6, 6.07) is 3.30. The van der Waals surface area contributed by atoms with Crippen molar-refractivity contribution in [2.45, 2.75) is 0 Å². The number of hydrogen-bond donors (Lipinski definition) is 1. The topological polar surface area (TPSA) is 51.3 Å². The Balaban J connectivity index is 2.59. The molecule has 0 aliphatic heterocycles. The van der Waals surface area contributed by atoms with Crippen LogP contribution >= 0.6 is 0 Å². The summed E-state index contributed by atoms with van der Waals surface area (Å²) in [5.41, 5.74) is 0.377. The number of aromatic amines is 1. The van der Waals surface area contributed by atoms with Crippen molar-refractivity contribution in [3.63, 3.8) is 0 Å². The quantitative estimate of drug-likeness (QED) is 0.488. The summed E-state index contributed by atoms with van der Waals surface area (Å²) < 4.78 is 0. The Morgan fingerprint density at radius 3 is 3.00 bits per heavy atom. The van der Waals surface area contributed by atoms with Crippen LogP contribution in [0.1, 0.15) is 10.5 Å². The maximum atomic E-state index is 10.7. The number of rotatable bonds is 2. The summed E-state index contributed by atoms with van der Waals surface area (Å²) in [7, 11) is 1.28. The fourth-order valence-corrected chi connectivity index (χ4v) is 0.578. The van der Waals surface area contributed by atoms with Crippen LogP contribution in [0.5, 0.6) is 0 Å². The number of nitrogens with one attached hydrogen (secondary N) is 1. The van der Waals surface area contributed by atoms with Crippen molar-refractivity contribution in [1.29, 1.82) is 0 Å². The summed E-state index contributed by atoms with van der Waals surface area (Å²) >= 11 is 0. The molecule has 1 N–H and O–H groups in total. The summed E-state index contributed by atoms with van der Waals surface area (Å²) in [4.78, 5) is 21.8. The molecule has 4 heteroatoms. The SMILES string of the molecule is COOC(=O)c1ccc[nH]1. The van der Waals surface area contributed by atoms with Gasteiger partial charge in [0.2, 0.25) is 0 Å². The third-order valence-corrected chi connectivity index (χ3v) is 0.977. The largest absolute Gasteiger partial charge is 0.389 e. The van der Waals surface area contributed by atoms with E-state index in [1.807, 2.05) is 0 Å². The average Bonchev–Trinajstić information content (AvgIpc) is 2.38. The molecule has 0 amide bonds. The molecule has 0 aromatic carbocycles. The van der Waals surface area contributed by atoms with Crippen molar-refractivity contribution in [3.05, 3.63) is 24.0 Å². The van der Waals surface area contributed by atoms with E-state index >= 15 is 0 Å². The fraction of sp³-hybridized carbons (Fsp3) is 0.167. The van der Waals surface area contributed by atoms with Crippen LogP contribution in [0.15, 0.2) is 18.3 Å². The average molecular weight is 141 g/mol. The maximum Gasteiger partial charge on any atom is 0.389 e. The molecule has 0 radical (unpaired) electrons. The van der Waals surface area contributed by atoms with E-state index < -0.39 is 5.97 Å². The molecule has 1 aromatic rings. The first-order chi connectivity index (χ1) is 4.84. The summed E-state index contributed by atoms with van der Waals surface area (Å²) in [5, 5.41) is 0. The van der Waals surface area contributed by atoms with Gasteiger partial charge in [0.15, 0.2) is 0 Å². The summed E-state index contributed by atoms with van der Waals surface area (Å²) in [6.07, 6.45) is 1.63. The lowest BCUT2D eigenvalue weighted by Gasteiger charge is -1.94. The molecular formula is C6H7NO3. The first-order valence-corrected chi connectivity index (χ1v) is 2.73. The zero-order valence-corrected chi connectivity index (χ0v) is 5.46. The highest BCUT2D eigenvalue weighted by Gasteiger charge is 2.06. The monoisotopic (exact) mass is 141 g/mol. The Morgan fingerprint density at radius 2 is 2.50 bits per heavy atom.